The summed E-state index contributed by atoms with van der Waals surface area (Å²) >= 11 is 0. The number of benzene rings is 1. The molecule has 3 N–H and O–H groups in total. The molecule has 0 aliphatic carbocycles. The molecule has 1 aromatic rings. The van der Waals surface area contributed by atoms with E-state index in [4.69, 9.17) is 29.4 Å². The summed E-state index contributed by atoms with van der Waals surface area (Å²) in [5.41, 5.74) is 5.58. The van der Waals surface area contributed by atoms with Gasteiger partial charge >= 0.3 is 24.2 Å². The third-order valence-corrected chi connectivity index (χ3v) is 4.64. The molecule has 0 aliphatic heterocycles. The summed E-state index contributed by atoms with van der Waals surface area (Å²) < 4.78 is 25.1. The van der Waals surface area contributed by atoms with E-state index in [9.17, 15) is 24.3 Å². The highest BCUT2D eigenvalue weighted by Crippen LogP contribution is 2.36. The Morgan fingerprint density at radius 2 is 1.47 bits per heavy atom. The first-order chi connectivity index (χ1) is 15.8. The van der Waals surface area contributed by atoms with Gasteiger partial charge in [-0.15, -0.1) is 0 Å². The van der Waals surface area contributed by atoms with Crippen molar-refractivity contribution in [2.75, 3.05) is 19.8 Å². The van der Waals surface area contributed by atoms with Gasteiger partial charge < -0.3 is 34.5 Å². The first kappa shape index (κ1) is 28.7. The molecule has 0 radical (unpaired) electrons. The van der Waals surface area contributed by atoms with Crippen LogP contribution in [0.3, 0.4) is 0 Å². The SMILES string of the molecule is CCOC(=O)Oc1ccc(C(C(C)COC(=O)C(C)(C)C)[C@H](N)C(=O)O)cc1OC(=O)OCC. The average molecular weight is 484 g/mol. The van der Waals surface area contributed by atoms with Gasteiger partial charge in [0.2, 0.25) is 0 Å². The van der Waals surface area contributed by atoms with Crippen LogP contribution in [0.4, 0.5) is 9.59 Å². The standard InChI is InChI=1S/C23H33NO10/c1-7-30-21(28)33-15-10-9-14(11-16(15)34-22(29)31-8-2)17(18(24)19(25)26)13(3)12-32-20(27)23(4,5)6/h9-11,13,17-18H,7-8,12,24H2,1-6H3,(H,25,26)/t13?,17?,18-/m0/s1. The summed E-state index contributed by atoms with van der Waals surface area (Å²) in [5, 5.41) is 9.56. The fourth-order valence-corrected chi connectivity index (χ4v) is 2.94. The Kier molecular flexibility index (Phi) is 10.8. The molecular weight excluding hydrogens is 450 g/mol. The predicted molar refractivity (Wildman–Crippen MR) is 120 cm³/mol. The Labute approximate surface area is 198 Å². The normalized spacial score (nSPS) is 13.7. The van der Waals surface area contributed by atoms with Gasteiger partial charge in [-0.25, -0.2) is 9.59 Å². The topological polar surface area (TPSA) is 161 Å². The quantitative estimate of drug-likeness (QED) is 0.285. The maximum Gasteiger partial charge on any atom is 0.513 e. The van der Waals surface area contributed by atoms with Crippen molar-refractivity contribution >= 4 is 24.2 Å². The Bertz CT molecular complexity index is 877. The molecule has 0 fully saturated rings. The van der Waals surface area contributed by atoms with E-state index in [1.54, 1.807) is 41.5 Å². The van der Waals surface area contributed by atoms with Crippen LogP contribution in [-0.2, 0) is 23.8 Å². The number of carbonyl (C=O) groups excluding carboxylic acids is 3. The predicted octanol–water partition coefficient (Wildman–Crippen LogP) is 3.48. The van der Waals surface area contributed by atoms with Crippen molar-refractivity contribution in [3.63, 3.8) is 0 Å². The lowest BCUT2D eigenvalue weighted by Crippen LogP contribution is -2.41. The molecule has 1 rings (SSSR count). The highest BCUT2D eigenvalue weighted by molar-refractivity contribution is 5.76. The summed E-state index contributed by atoms with van der Waals surface area (Å²) in [7, 11) is 0. The molecule has 3 atom stereocenters. The molecule has 0 saturated heterocycles. The van der Waals surface area contributed by atoms with Gasteiger partial charge in [-0.3, -0.25) is 9.59 Å². The second-order valence-electron chi connectivity index (χ2n) is 8.49. The summed E-state index contributed by atoms with van der Waals surface area (Å²) in [5.74, 6) is -3.48. The monoisotopic (exact) mass is 483 g/mol. The van der Waals surface area contributed by atoms with E-state index in [0.717, 1.165) is 0 Å². The third-order valence-electron chi connectivity index (χ3n) is 4.64. The van der Waals surface area contributed by atoms with Crippen LogP contribution in [0, 0.1) is 11.3 Å². The van der Waals surface area contributed by atoms with Crippen LogP contribution in [0.1, 0.15) is 53.0 Å². The van der Waals surface area contributed by atoms with Gasteiger partial charge in [0.1, 0.15) is 6.04 Å². The van der Waals surface area contributed by atoms with Crippen molar-refractivity contribution in [3.05, 3.63) is 23.8 Å². The van der Waals surface area contributed by atoms with E-state index in [1.165, 1.54) is 18.2 Å². The number of rotatable bonds is 10. The number of hydrogen-bond donors (Lipinski definition) is 2. The Morgan fingerprint density at radius 3 is 1.94 bits per heavy atom. The van der Waals surface area contributed by atoms with E-state index in [2.05, 4.69) is 0 Å². The molecule has 1 aromatic carbocycles. The van der Waals surface area contributed by atoms with Crippen molar-refractivity contribution < 1.29 is 48.0 Å². The fourth-order valence-electron chi connectivity index (χ4n) is 2.94. The molecular formula is C23H33NO10. The zero-order chi connectivity index (χ0) is 26.1. The molecule has 11 heteroatoms. The summed E-state index contributed by atoms with van der Waals surface area (Å²) in [6.07, 6.45) is -2.08. The van der Waals surface area contributed by atoms with Crippen molar-refractivity contribution in [1.82, 2.24) is 0 Å². The number of esters is 1. The Morgan fingerprint density at radius 1 is 0.941 bits per heavy atom. The van der Waals surface area contributed by atoms with Gasteiger partial charge in [0.15, 0.2) is 11.5 Å². The minimum Gasteiger partial charge on any atom is -0.480 e. The van der Waals surface area contributed by atoms with E-state index >= 15 is 0 Å². The second-order valence-corrected chi connectivity index (χ2v) is 8.49. The number of carbonyl (C=O) groups is 4. The Hall–Kier alpha value is -3.34. The maximum absolute atomic E-state index is 12.2. The van der Waals surface area contributed by atoms with Crippen LogP contribution in [0.15, 0.2) is 18.2 Å². The van der Waals surface area contributed by atoms with Gasteiger partial charge in [-0.05, 0) is 58.2 Å². The highest BCUT2D eigenvalue weighted by Gasteiger charge is 2.33. The number of ether oxygens (including phenoxy) is 5. The molecule has 34 heavy (non-hydrogen) atoms. The lowest BCUT2D eigenvalue weighted by atomic mass is 9.82. The van der Waals surface area contributed by atoms with Crippen LogP contribution >= 0.6 is 0 Å². The van der Waals surface area contributed by atoms with Crippen molar-refractivity contribution in [2.45, 2.75) is 53.5 Å². The first-order valence-corrected chi connectivity index (χ1v) is 10.8. The largest absolute Gasteiger partial charge is 0.513 e. The van der Waals surface area contributed by atoms with E-state index in [-0.39, 0.29) is 31.3 Å². The molecule has 0 spiro atoms. The minimum absolute atomic E-state index is 0.0370. The van der Waals surface area contributed by atoms with E-state index < -0.39 is 47.5 Å². The summed E-state index contributed by atoms with van der Waals surface area (Å²) in [6.45, 7) is 9.93. The molecule has 0 aromatic heterocycles. The molecule has 2 unspecified atom stereocenters. The molecule has 0 amide bonds. The number of carboxylic acid groups (broad SMARTS) is 1. The van der Waals surface area contributed by atoms with E-state index in [1.807, 2.05) is 0 Å². The number of nitrogens with two attached hydrogens (primary N) is 1. The molecule has 190 valence electrons. The van der Waals surface area contributed by atoms with Crippen LogP contribution in [0.25, 0.3) is 0 Å². The van der Waals surface area contributed by atoms with Crippen LogP contribution in [-0.4, -0.2) is 55.2 Å². The molecule has 0 bridgehead atoms. The van der Waals surface area contributed by atoms with Crippen LogP contribution < -0.4 is 15.2 Å². The molecule has 0 heterocycles. The van der Waals surface area contributed by atoms with Crippen molar-refractivity contribution in [2.24, 2.45) is 17.1 Å². The van der Waals surface area contributed by atoms with Crippen molar-refractivity contribution in [3.8, 4) is 11.5 Å². The molecule has 11 nitrogen and oxygen atoms in total. The molecule has 0 aliphatic rings. The van der Waals surface area contributed by atoms with Gasteiger partial charge in [-0.2, -0.15) is 0 Å². The fraction of sp³-hybridized carbons (Fsp3) is 0.565. The van der Waals surface area contributed by atoms with Crippen molar-refractivity contribution in [1.29, 1.82) is 0 Å². The second kappa shape index (κ2) is 12.8. The Balaban J connectivity index is 3.35. The summed E-state index contributed by atoms with van der Waals surface area (Å²) in [6, 6.07) is 2.73. The lowest BCUT2D eigenvalue weighted by molar-refractivity contribution is -0.154. The smallest absolute Gasteiger partial charge is 0.480 e. The number of hydrogen-bond acceptors (Lipinski definition) is 10. The van der Waals surface area contributed by atoms with Crippen LogP contribution in [0.2, 0.25) is 0 Å². The van der Waals surface area contributed by atoms with Gasteiger partial charge in [0.25, 0.3) is 0 Å². The van der Waals surface area contributed by atoms with Gasteiger partial charge in [0.05, 0.1) is 25.2 Å². The third kappa shape index (κ3) is 8.54. The van der Waals surface area contributed by atoms with Crippen LogP contribution in [0.5, 0.6) is 11.5 Å². The number of carboxylic acids is 1. The zero-order valence-electron chi connectivity index (χ0n) is 20.3. The average Bonchev–Trinajstić information content (AvgIpc) is 2.73. The molecule has 0 saturated carbocycles. The maximum atomic E-state index is 12.2. The zero-order valence-corrected chi connectivity index (χ0v) is 20.3. The first-order valence-electron chi connectivity index (χ1n) is 10.8. The van der Waals surface area contributed by atoms with Gasteiger partial charge in [-0.1, -0.05) is 13.0 Å². The van der Waals surface area contributed by atoms with Gasteiger partial charge in [0, 0.05) is 5.92 Å². The lowest BCUT2D eigenvalue weighted by Gasteiger charge is -2.29. The summed E-state index contributed by atoms with van der Waals surface area (Å²) in [4.78, 5) is 47.6. The number of aliphatic carboxylic acids is 1. The van der Waals surface area contributed by atoms with E-state index in [0.29, 0.717) is 5.56 Å². The minimum atomic E-state index is -1.38. The highest BCUT2D eigenvalue weighted by atomic mass is 16.7.